The van der Waals surface area contributed by atoms with Crippen LogP contribution in [0, 0.1) is 11.3 Å². The van der Waals surface area contributed by atoms with Crippen LogP contribution in [0.4, 0.5) is 16.3 Å². The summed E-state index contributed by atoms with van der Waals surface area (Å²) in [6.45, 7) is 6.98. The number of nitrogens with zero attached hydrogens (tertiary/aromatic N) is 4. The first-order valence-electron chi connectivity index (χ1n) is 9.89. The van der Waals surface area contributed by atoms with Crippen molar-refractivity contribution in [2.24, 2.45) is 0 Å². The van der Waals surface area contributed by atoms with Gasteiger partial charge in [-0.25, -0.2) is 9.78 Å². The number of fused-ring (bicyclic) bond motifs is 1. The van der Waals surface area contributed by atoms with Crippen LogP contribution in [0.25, 0.3) is 0 Å². The van der Waals surface area contributed by atoms with Crippen molar-refractivity contribution in [3.8, 4) is 6.07 Å². The third kappa shape index (κ3) is 3.70. The van der Waals surface area contributed by atoms with Crippen LogP contribution in [0.1, 0.15) is 30.5 Å². The smallest absolute Gasteiger partial charge is 0.410 e. The average Bonchev–Trinajstić information content (AvgIpc) is 3.20. The number of aromatic nitrogens is 1. The fourth-order valence-electron chi connectivity index (χ4n) is 4.16. The number of hydrogen-bond donors (Lipinski definition) is 1. The largest absolute Gasteiger partial charge is 0.445 e. The summed E-state index contributed by atoms with van der Waals surface area (Å²) in [5.74, 6) is 0.863. The normalized spacial score (nSPS) is 17.3. The second-order valence-electron chi connectivity index (χ2n) is 8.06. The first-order valence-corrected chi connectivity index (χ1v) is 9.89. The molecule has 0 atom stereocenters. The van der Waals surface area contributed by atoms with Gasteiger partial charge in [0.15, 0.2) is 0 Å². The molecule has 0 spiro atoms. The van der Waals surface area contributed by atoms with Crippen molar-refractivity contribution in [1.29, 1.82) is 5.26 Å². The van der Waals surface area contributed by atoms with E-state index in [4.69, 9.17) is 4.74 Å². The van der Waals surface area contributed by atoms with E-state index in [9.17, 15) is 10.1 Å². The number of piperazine rings is 1. The summed E-state index contributed by atoms with van der Waals surface area (Å²) in [5.41, 5.74) is 3.17. The summed E-state index contributed by atoms with van der Waals surface area (Å²) < 4.78 is 5.56. The van der Waals surface area contributed by atoms with Gasteiger partial charge in [0.25, 0.3) is 0 Å². The predicted molar refractivity (Wildman–Crippen MR) is 111 cm³/mol. The molecule has 4 rings (SSSR count). The molecule has 7 nitrogen and oxygen atoms in total. The van der Waals surface area contributed by atoms with Crippen LogP contribution < -0.4 is 10.2 Å². The van der Waals surface area contributed by atoms with Crippen LogP contribution in [0.15, 0.2) is 36.5 Å². The second kappa shape index (κ2) is 7.63. The van der Waals surface area contributed by atoms with Crippen LogP contribution in [0.3, 0.4) is 0 Å². The van der Waals surface area contributed by atoms with Crippen molar-refractivity contribution in [2.75, 3.05) is 36.4 Å². The Morgan fingerprint density at radius 3 is 2.83 bits per heavy atom. The van der Waals surface area contributed by atoms with Gasteiger partial charge in [0.05, 0.1) is 16.8 Å². The van der Waals surface area contributed by atoms with E-state index in [1.54, 1.807) is 11.1 Å². The lowest BCUT2D eigenvalue weighted by Gasteiger charge is -2.47. The van der Waals surface area contributed by atoms with Gasteiger partial charge in [0.1, 0.15) is 18.5 Å². The third-order valence-corrected chi connectivity index (χ3v) is 5.58. The van der Waals surface area contributed by atoms with Gasteiger partial charge < -0.3 is 15.0 Å². The van der Waals surface area contributed by atoms with Crippen molar-refractivity contribution in [1.82, 2.24) is 9.88 Å². The highest BCUT2D eigenvalue weighted by Crippen LogP contribution is 2.36. The van der Waals surface area contributed by atoms with Crippen LogP contribution in [-0.4, -0.2) is 47.7 Å². The van der Waals surface area contributed by atoms with Crippen molar-refractivity contribution < 1.29 is 9.53 Å². The van der Waals surface area contributed by atoms with Crippen molar-refractivity contribution in [3.05, 3.63) is 53.2 Å². The Morgan fingerprint density at radius 2 is 2.10 bits per heavy atom. The maximum atomic E-state index is 12.8. The molecule has 2 aliphatic heterocycles. The monoisotopic (exact) mass is 391 g/mol. The molecule has 29 heavy (non-hydrogen) atoms. The summed E-state index contributed by atoms with van der Waals surface area (Å²) in [4.78, 5) is 21.1. The Hall–Kier alpha value is -3.27. The molecule has 0 bridgehead atoms. The average molecular weight is 391 g/mol. The zero-order valence-corrected chi connectivity index (χ0v) is 16.8. The van der Waals surface area contributed by atoms with Gasteiger partial charge in [-0.3, -0.25) is 4.90 Å². The van der Waals surface area contributed by atoms with Crippen molar-refractivity contribution in [3.63, 3.8) is 0 Å². The number of amides is 1. The highest BCUT2D eigenvalue weighted by atomic mass is 16.6. The Balaban J connectivity index is 1.49. The van der Waals surface area contributed by atoms with E-state index in [1.807, 2.05) is 44.2 Å². The summed E-state index contributed by atoms with van der Waals surface area (Å²) in [7, 11) is 0. The molecule has 1 N–H and O–H groups in total. The van der Waals surface area contributed by atoms with Crippen molar-refractivity contribution >= 4 is 17.6 Å². The molecular weight excluding hydrogens is 366 g/mol. The molecule has 7 heteroatoms. The lowest BCUT2D eigenvalue weighted by molar-refractivity contribution is 0.0515. The summed E-state index contributed by atoms with van der Waals surface area (Å²) >= 11 is 0. The van der Waals surface area contributed by atoms with Crippen LogP contribution in [0.5, 0.6) is 0 Å². The number of nitriles is 1. The van der Waals surface area contributed by atoms with Gasteiger partial charge in [-0.1, -0.05) is 30.3 Å². The fraction of sp³-hybridized carbons (Fsp3) is 0.409. The topological polar surface area (TPSA) is 81.5 Å². The van der Waals surface area contributed by atoms with Gasteiger partial charge in [-0.15, -0.1) is 0 Å². The van der Waals surface area contributed by atoms with E-state index in [0.29, 0.717) is 25.2 Å². The molecule has 1 saturated heterocycles. The highest BCUT2D eigenvalue weighted by Gasteiger charge is 2.39. The number of pyridine rings is 1. The molecule has 1 fully saturated rings. The van der Waals surface area contributed by atoms with Crippen LogP contribution in [0.2, 0.25) is 0 Å². The molecule has 1 aromatic carbocycles. The van der Waals surface area contributed by atoms with Gasteiger partial charge in [-0.2, -0.15) is 5.26 Å². The van der Waals surface area contributed by atoms with Crippen LogP contribution >= 0.6 is 0 Å². The quantitative estimate of drug-likeness (QED) is 0.866. The van der Waals surface area contributed by atoms with Crippen LogP contribution in [-0.2, 0) is 17.8 Å². The summed E-state index contributed by atoms with van der Waals surface area (Å²) in [6, 6.07) is 12.0. The number of rotatable bonds is 3. The van der Waals surface area contributed by atoms with Gasteiger partial charge in [-0.05, 0) is 25.8 Å². The molecule has 0 radical (unpaired) electrons. The summed E-state index contributed by atoms with van der Waals surface area (Å²) in [6.07, 6.45) is 2.19. The van der Waals surface area contributed by atoms with Gasteiger partial charge in [0, 0.05) is 37.9 Å². The van der Waals surface area contributed by atoms with E-state index < -0.39 is 5.54 Å². The van der Waals surface area contributed by atoms with Crippen molar-refractivity contribution in [2.45, 2.75) is 32.4 Å². The Kier molecular flexibility index (Phi) is 5.01. The lowest BCUT2D eigenvalue weighted by Crippen LogP contribution is -2.61. The first-order chi connectivity index (χ1) is 14.0. The maximum absolute atomic E-state index is 12.8. The maximum Gasteiger partial charge on any atom is 0.410 e. The minimum atomic E-state index is -0.430. The molecule has 2 aromatic rings. The molecule has 1 aromatic heterocycles. The fourth-order valence-corrected chi connectivity index (χ4v) is 4.16. The minimum Gasteiger partial charge on any atom is -0.445 e. The molecule has 0 saturated carbocycles. The minimum absolute atomic E-state index is 0.262. The van der Waals surface area contributed by atoms with E-state index in [1.165, 1.54) is 0 Å². The number of anilines is 2. The zero-order chi connectivity index (χ0) is 20.4. The van der Waals surface area contributed by atoms with E-state index in [-0.39, 0.29) is 12.7 Å². The molecule has 0 unspecified atom stereocenters. The predicted octanol–water partition coefficient (Wildman–Crippen LogP) is 3.16. The standard InChI is InChI=1S/C22H25N5O2/c1-22(2)15-26(19-17(12-23)13-25-20-18(19)8-9-24-20)10-11-27(22)21(28)29-14-16-6-4-3-5-7-16/h3-7,13H,8-11,14-15H2,1-2H3,(H,24,25). The second-order valence-corrected chi connectivity index (χ2v) is 8.06. The Bertz CT molecular complexity index is 952. The van der Waals surface area contributed by atoms with E-state index in [2.05, 4.69) is 21.3 Å². The number of benzene rings is 1. The molecule has 1 amide bonds. The van der Waals surface area contributed by atoms with E-state index >= 15 is 0 Å². The number of hydrogen-bond acceptors (Lipinski definition) is 6. The summed E-state index contributed by atoms with van der Waals surface area (Å²) in [5, 5.41) is 12.9. The first kappa shape index (κ1) is 19.1. The molecule has 3 heterocycles. The third-order valence-electron chi connectivity index (χ3n) is 5.58. The SMILES string of the molecule is CC1(C)CN(c2c(C#N)cnc3c2CCN3)CCN1C(=O)OCc1ccccc1. The lowest BCUT2D eigenvalue weighted by atomic mass is 9.97. The number of ether oxygens (including phenoxy) is 1. The van der Waals surface area contributed by atoms with Gasteiger partial charge in [0.2, 0.25) is 0 Å². The molecule has 0 aliphatic carbocycles. The Morgan fingerprint density at radius 1 is 1.31 bits per heavy atom. The molecule has 150 valence electrons. The van der Waals surface area contributed by atoms with Gasteiger partial charge >= 0.3 is 6.09 Å². The molecule has 2 aliphatic rings. The number of carbonyl (C=O) groups is 1. The number of nitrogens with one attached hydrogen (secondary N) is 1. The highest BCUT2D eigenvalue weighted by molar-refractivity contribution is 5.74. The Labute approximate surface area is 170 Å². The number of carbonyl (C=O) groups excluding carboxylic acids is 1. The zero-order valence-electron chi connectivity index (χ0n) is 16.8. The molecular formula is C22H25N5O2. The van der Waals surface area contributed by atoms with E-state index in [0.717, 1.165) is 35.6 Å².